The molecule has 0 spiro atoms. The number of aromatic nitrogens is 1. The maximum atomic E-state index is 12.5. The predicted molar refractivity (Wildman–Crippen MR) is 100.0 cm³/mol. The van der Waals surface area contributed by atoms with Gasteiger partial charge in [0.15, 0.2) is 12.4 Å². The van der Waals surface area contributed by atoms with Gasteiger partial charge in [0.25, 0.3) is 0 Å². The lowest BCUT2D eigenvalue weighted by Crippen LogP contribution is -2.45. The van der Waals surface area contributed by atoms with E-state index in [1.807, 2.05) is 36.7 Å². The minimum absolute atomic E-state index is 0.0842. The highest BCUT2D eigenvalue weighted by molar-refractivity contribution is 5.86. The molecule has 0 saturated carbocycles. The second-order valence-electron chi connectivity index (χ2n) is 7.66. The number of hydrogen-bond acceptors (Lipinski definition) is 3. The van der Waals surface area contributed by atoms with Gasteiger partial charge in [-0.3, -0.25) is 0 Å². The van der Waals surface area contributed by atoms with Crippen LogP contribution in [0.4, 0.5) is 5.69 Å². The molecule has 3 aromatic rings. The van der Waals surface area contributed by atoms with E-state index in [2.05, 4.69) is 43.8 Å². The normalized spacial score (nSPS) is 19.0. The van der Waals surface area contributed by atoms with Crippen LogP contribution in [0.2, 0.25) is 0 Å². The van der Waals surface area contributed by atoms with Gasteiger partial charge in [-0.1, -0.05) is 6.92 Å². The zero-order valence-corrected chi connectivity index (χ0v) is 15.1. The number of nitrogens with one attached hydrogen (secondary N) is 1. The first-order chi connectivity index (χ1) is 11.9. The summed E-state index contributed by atoms with van der Waals surface area (Å²) in [4.78, 5) is 17.8. The maximum absolute atomic E-state index is 12.5. The fourth-order valence-corrected chi connectivity index (χ4v) is 3.95. The molecule has 1 aromatic carbocycles. The first-order valence-corrected chi connectivity index (χ1v) is 8.69. The Labute approximate surface area is 147 Å². The molecule has 0 amide bonds. The summed E-state index contributed by atoms with van der Waals surface area (Å²) in [7, 11) is 2.11. The molecule has 2 aromatic heterocycles. The van der Waals surface area contributed by atoms with Gasteiger partial charge in [0.2, 0.25) is 0 Å². The molecule has 4 heteroatoms. The highest BCUT2D eigenvalue weighted by Gasteiger charge is 2.34. The zero-order chi connectivity index (χ0) is 17.8. The lowest BCUT2D eigenvalue weighted by Gasteiger charge is -2.45. The lowest BCUT2D eigenvalue weighted by atomic mass is 9.80. The summed E-state index contributed by atoms with van der Waals surface area (Å²) in [5.41, 5.74) is 4.35. The molecule has 25 heavy (non-hydrogen) atoms. The van der Waals surface area contributed by atoms with Crippen molar-refractivity contribution in [1.82, 2.24) is 0 Å². The molecule has 0 fully saturated rings. The number of hydrogen-bond donors (Lipinski definition) is 0. The van der Waals surface area contributed by atoms with E-state index in [0.29, 0.717) is 17.1 Å². The molecule has 1 aliphatic heterocycles. The monoisotopic (exact) mass is 335 g/mol. The van der Waals surface area contributed by atoms with Crippen molar-refractivity contribution in [2.45, 2.75) is 38.6 Å². The number of H-pyrrole nitrogens is 1. The molecule has 1 aliphatic rings. The van der Waals surface area contributed by atoms with Crippen LogP contribution in [-0.4, -0.2) is 12.6 Å². The molecule has 4 rings (SSSR count). The van der Waals surface area contributed by atoms with Gasteiger partial charge in [0, 0.05) is 47.4 Å². The van der Waals surface area contributed by atoms with E-state index in [1.165, 1.54) is 5.56 Å². The fraction of sp³-hybridized carbons (Fsp3) is 0.333. The van der Waals surface area contributed by atoms with Gasteiger partial charge in [-0.05, 0) is 43.9 Å². The molecule has 1 atom stereocenters. The molecule has 0 aliphatic carbocycles. The van der Waals surface area contributed by atoms with Gasteiger partial charge in [0.1, 0.15) is 5.58 Å². The molecule has 3 heterocycles. The third kappa shape index (κ3) is 2.53. The highest BCUT2D eigenvalue weighted by atomic mass is 16.4. The number of rotatable bonds is 1. The van der Waals surface area contributed by atoms with Crippen LogP contribution in [-0.2, 0) is 0 Å². The van der Waals surface area contributed by atoms with Gasteiger partial charge >= 0.3 is 5.63 Å². The van der Waals surface area contributed by atoms with Crippen LogP contribution < -0.4 is 15.5 Å². The number of anilines is 1. The van der Waals surface area contributed by atoms with Crippen molar-refractivity contribution in [1.29, 1.82) is 0 Å². The van der Waals surface area contributed by atoms with E-state index in [4.69, 9.17) is 4.42 Å². The highest BCUT2D eigenvalue weighted by Crippen LogP contribution is 2.44. The number of benzene rings is 1. The second kappa shape index (κ2) is 5.45. The Balaban J connectivity index is 1.94. The van der Waals surface area contributed by atoms with Gasteiger partial charge in [-0.2, -0.15) is 0 Å². The molecule has 0 saturated heterocycles. The van der Waals surface area contributed by atoms with Crippen molar-refractivity contribution in [2.75, 3.05) is 11.9 Å². The molecule has 128 valence electrons. The van der Waals surface area contributed by atoms with Crippen LogP contribution in [0.15, 0.2) is 51.9 Å². The smallest absolute Gasteiger partial charge is 0.344 e. The Hall–Kier alpha value is -2.62. The van der Waals surface area contributed by atoms with E-state index < -0.39 is 0 Å². The minimum atomic E-state index is -0.301. The van der Waals surface area contributed by atoms with Gasteiger partial charge in [-0.25, -0.2) is 9.78 Å². The number of fused-ring (bicyclic) bond motifs is 2. The average molecular weight is 335 g/mol. The summed E-state index contributed by atoms with van der Waals surface area (Å²) in [6, 6.07) is 9.92. The Bertz CT molecular complexity index is 1010. The summed E-state index contributed by atoms with van der Waals surface area (Å²) in [6.07, 6.45) is 4.72. The van der Waals surface area contributed by atoms with Gasteiger partial charge < -0.3 is 9.32 Å². The molecule has 1 unspecified atom stereocenters. The number of nitrogens with zero attached hydrogens (tertiary/aromatic N) is 1. The third-order valence-electron chi connectivity index (χ3n) is 5.52. The van der Waals surface area contributed by atoms with E-state index in [9.17, 15) is 4.79 Å². The maximum Gasteiger partial charge on any atom is 0.344 e. The molecular weight excluding hydrogens is 312 g/mol. The van der Waals surface area contributed by atoms with Crippen molar-refractivity contribution in [3.8, 4) is 11.1 Å². The largest absolute Gasteiger partial charge is 0.422 e. The Kier molecular flexibility index (Phi) is 3.46. The summed E-state index contributed by atoms with van der Waals surface area (Å²) in [6.45, 7) is 6.77. The van der Waals surface area contributed by atoms with Gasteiger partial charge in [-0.15, -0.1) is 0 Å². The quantitative estimate of drug-likeness (QED) is 0.632. The molecule has 1 N–H and O–H groups in total. The predicted octanol–water partition coefficient (Wildman–Crippen LogP) is 4.00. The van der Waals surface area contributed by atoms with E-state index >= 15 is 0 Å². The van der Waals surface area contributed by atoms with E-state index in [-0.39, 0.29) is 11.2 Å². The van der Waals surface area contributed by atoms with Crippen molar-refractivity contribution in [3.05, 3.63) is 58.7 Å². The SMILES string of the molecule is CC1CC(C)(C)N(C)c2cc3oc(=O)c(-c4cc[nH+]cc4)cc3cc21. The van der Waals surface area contributed by atoms with Gasteiger partial charge in [0.05, 0.1) is 5.56 Å². The topological polar surface area (TPSA) is 47.6 Å². The Morgan fingerprint density at radius 2 is 1.92 bits per heavy atom. The van der Waals surface area contributed by atoms with Crippen molar-refractivity contribution in [2.24, 2.45) is 0 Å². The van der Waals surface area contributed by atoms with E-state index in [1.54, 1.807) is 0 Å². The van der Waals surface area contributed by atoms with Crippen molar-refractivity contribution < 1.29 is 9.40 Å². The molecular formula is C21H23N2O2+. The Morgan fingerprint density at radius 1 is 1.20 bits per heavy atom. The van der Waals surface area contributed by atoms with Crippen LogP contribution in [0.3, 0.4) is 0 Å². The minimum Gasteiger partial charge on any atom is -0.422 e. The van der Waals surface area contributed by atoms with Crippen LogP contribution in [0, 0.1) is 0 Å². The number of pyridine rings is 1. The van der Waals surface area contributed by atoms with E-state index in [0.717, 1.165) is 23.1 Å². The fourth-order valence-electron chi connectivity index (χ4n) is 3.95. The molecule has 0 bridgehead atoms. The van der Waals surface area contributed by atoms with Crippen LogP contribution in [0.5, 0.6) is 0 Å². The zero-order valence-electron chi connectivity index (χ0n) is 15.1. The molecule has 4 nitrogen and oxygen atoms in total. The summed E-state index contributed by atoms with van der Waals surface area (Å²) in [5, 5.41) is 0.973. The Morgan fingerprint density at radius 3 is 2.64 bits per heavy atom. The standard InChI is InChI=1S/C21H22N2O2/c1-13-12-21(2,3)23(4)18-11-19-15(9-16(13)18)10-17(20(24)25-19)14-5-7-22-8-6-14/h5-11,13H,12H2,1-4H3/p+1. The summed E-state index contributed by atoms with van der Waals surface area (Å²) < 4.78 is 5.67. The van der Waals surface area contributed by atoms with Crippen LogP contribution >= 0.6 is 0 Å². The average Bonchev–Trinajstić information content (AvgIpc) is 2.58. The van der Waals surface area contributed by atoms with Crippen molar-refractivity contribution in [3.63, 3.8) is 0 Å². The molecule has 0 radical (unpaired) electrons. The number of aromatic amines is 1. The first kappa shape index (κ1) is 15.9. The first-order valence-electron chi connectivity index (χ1n) is 8.69. The summed E-state index contributed by atoms with van der Waals surface area (Å²) in [5.74, 6) is 0.465. The van der Waals surface area contributed by atoms with Crippen molar-refractivity contribution >= 4 is 16.7 Å². The third-order valence-corrected chi connectivity index (χ3v) is 5.52. The van der Waals surface area contributed by atoms with Crippen LogP contribution in [0.25, 0.3) is 22.1 Å². The lowest BCUT2D eigenvalue weighted by molar-refractivity contribution is -0.377. The van der Waals surface area contributed by atoms with Crippen LogP contribution in [0.1, 0.15) is 38.7 Å². The summed E-state index contributed by atoms with van der Waals surface area (Å²) >= 11 is 0. The second-order valence-corrected chi connectivity index (χ2v) is 7.66.